The fourth-order valence-electron chi connectivity index (χ4n) is 4.90. The van der Waals surface area contributed by atoms with Crippen LogP contribution < -0.4 is 10.6 Å². The molecule has 1 unspecified atom stereocenters. The number of rotatable bonds is 8. The van der Waals surface area contributed by atoms with Crippen LogP contribution in [0, 0.1) is 0 Å². The van der Waals surface area contributed by atoms with Crippen LogP contribution in [0.25, 0.3) is 10.9 Å². The molecule has 42 heavy (non-hydrogen) atoms. The third-order valence-electron chi connectivity index (χ3n) is 6.82. The molecule has 4 heterocycles. The first kappa shape index (κ1) is 29.5. The highest BCUT2D eigenvalue weighted by atomic mass is 35.5. The number of hydrogen-bond acceptors (Lipinski definition) is 7. The number of amides is 2. The Morgan fingerprint density at radius 3 is 2.71 bits per heavy atom. The Kier molecular flexibility index (Phi) is 9.03. The maximum absolute atomic E-state index is 13.2. The van der Waals surface area contributed by atoms with E-state index in [1.165, 1.54) is 6.20 Å². The molecule has 1 atom stereocenters. The molecular weight excluding hydrogens is 556 g/mol. The first-order chi connectivity index (χ1) is 20.2. The quantitative estimate of drug-likeness (QED) is 0.269. The summed E-state index contributed by atoms with van der Waals surface area (Å²) in [6.07, 6.45) is 7.79. The van der Waals surface area contributed by atoms with Crippen molar-refractivity contribution in [1.29, 1.82) is 0 Å². The minimum Gasteiger partial charge on any atom is -0.444 e. The zero-order valence-electron chi connectivity index (χ0n) is 24.0. The van der Waals surface area contributed by atoms with E-state index in [2.05, 4.69) is 20.6 Å². The van der Waals surface area contributed by atoms with E-state index < -0.39 is 11.7 Å². The first-order valence-corrected chi connectivity index (χ1v) is 14.4. The Labute approximate surface area is 249 Å². The van der Waals surface area contributed by atoms with Gasteiger partial charge in [0, 0.05) is 42.0 Å². The second-order valence-electron chi connectivity index (χ2n) is 11.3. The van der Waals surface area contributed by atoms with Crippen molar-refractivity contribution in [3.63, 3.8) is 0 Å². The molecule has 10 nitrogen and oxygen atoms in total. The number of pyridine rings is 2. The van der Waals surface area contributed by atoms with Crippen LogP contribution in [0.1, 0.15) is 79.1 Å². The maximum atomic E-state index is 13.2. The predicted molar refractivity (Wildman–Crippen MR) is 159 cm³/mol. The number of ether oxygens (including phenoxy) is 2. The zero-order chi connectivity index (χ0) is 29.7. The largest absolute Gasteiger partial charge is 0.444 e. The van der Waals surface area contributed by atoms with Crippen molar-refractivity contribution in [2.75, 3.05) is 6.61 Å². The second-order valence-corrected chi connectivity index (χ2v) is 11.7. The van der Waals surface area contributed by atoms with Gasteiger partial charge in [0.2, 0.25) is 0 Å². The molecule has 11 heteroatoms. The van der Waals surface area contributed by atoms with Gasteiger partial charge < -0.3 is 20.1 Å². The van der Waals surface area contributed by atoms with E-state index in [1.807, 2.05) is 61.9 Å². The number of nitrogens with one attached hydrogen (secondary N) is 2. The number of carbonyl (C=O) groups is 2. The summed E-state index contributed by atoms with van der Waals surface area (Å²) in [5.74, 6) is -0.263. The lowest BCUT2D eigenvalue weighted by Crippen LogP contribution is -2.32. The number of halogens is 1. The molecule has 1 aromatic carbocycles. The Hall–Kier alpha value is -4.02. The molecule has 2 N–H and O–H groups in total. The topological polar surface area (TPSA) is 120 Å². The van der Waals surface area contributed by atoms with Gasteiger partial charge in [-0.25, -0.2) is 9.48 Å². The van der Waals surface area contributed by atoms with Gasteiger partial charge in [0.1, 0.15) is 5.60 Å². The molecule has 0 aliphatic carbocycles. The molecule has 0 spiro atoms. The molecule has 220 valence electrons. The Bertz CT molecular complexity index is 1580. The van der Waals surface area contributed by atoms with Crippen LogP contribution in [0.4, 0.5) is 4.79 Å². The van der Waals surface area contributed by atoms with E-state index in [-0.39, 0.29) is 25.2 Å². The smallest absolute Gasteiger partial charge is 0.407 e. The van der Waals surface area contributed by atoms with Crippen molar-refractivity contribution in [1.82, 2.24) is 30.4 Å². The van der Waals surface area contributed by atoms with Gasteiger partial charge in [0.25, 0.3) is 5.91 Å². The third kappa shape index (κ3) is 7.43. The van der Waals surface area contributed by atoms with Crippen LogP contribution in [0.2, 0.25) is 5.02 Å². The summed E-state index contributed by atoms with van der Waals surface area (Å²) >= 11 is 6.30. The minimum absolute atomic E-state index is 0.135. The van der Waals surface area contributed by atoms with Crippen molar-refractivity contribution in [2.45, 2.75) is 71.4 Å². The summed E-state index contributed by atoms with van der Waals surface area (Å²) in [6.45, 7) is 6.58. The summed E-state index contributed by atoms with van der Waals surface area (Å²) in [7, 11) is 0. The maximum Gasteiger partial charge on any atom is 0.407 e. The van der Waals surface area contributed by atoms with Crippen LogP contribution in [0.5, 0.6) is 0 Å². The van der Waals surface area contributed by atoms with Crippen molar-refractivity contribution in [2.24, 2.45) is 0 Å². The van der Waals surface area contributed by atoms with Gasteiger partial charge in [-0.15, -0.1) is 0 Å². The lowest BCUT2D eigenvalue weighted by Gasteiger charge is -2.23. The average molecular weight is 591 g/mol. The summed E-state index contributed by atoms with van der Waals surface area (Å²) in [5.41, 5.74) is 3.94. The van der Waals surface area contributed by atoms with Crippen LogP contribution in [-0.4, -0.2) is 44.0 Å². The van der Waals surface area contributed by atoms with Gasteiger partial charge in [-0.1, -0.05) is 17.7 Å². The highest BCUT2D eigenvalue weighted by Crippen LogP contribution is 2.30. The number of benzene rings is 1. The number of alkyl carbamates (subject to hydrolysis) is 1. The average Bonchev–Trinajstić information content (AvgIpc) is 3.32. The normalized spacial score (nSPS) is 15.4. The van der Waals surface area contributed by atoms with Gasteiger partial charge in [0.15, 0.2) is 6.23 Å². The van der Waals surface area contributed by atoms with Gasteiger partial charge in [-0.2, -0.15) is 5.10 Å². The number of carbonyl (C=O) groups excluding carboxylic acids is 2. The molecule has 1 fully saturated rings. The molecule has 0 radical (unpaired) electrons. The van der Waals surface area contributed by atoms with Crippen LogP contribution in [0.3, 0.4) is 0 Å². The fraction of sp³-hybridized carbons (Fsp3) is 0.387. The second kappa shape index (κ2) is 12.9. The minimum atomic E-state index is -0.590. The molecule has 0 saturated carbocycles. The molecule has 0 bridgehead atoms. The first-order valence-electron chi connectivity index (χ1n) is 14.1. The van der Waals surface area contributed by atoms with Gasteiger partial charge in [0.05, 0.1) is 35.6 Å². The highest BCUT2D eigenvalue weighted by Gasteiger charge is 2.22. The molecular formula is C31H35ClN6O4. The number of nitrogens with zero attached hydrogens (tertiary/aromatic N) is 4. The molecule has 1 aliphatic heterocycles. The fourth-order valence-corrected chi connectivity index (χ4v) is 5.07. The Balaban J connectivity index is 1.26. The Morgan fingerprint density at radius 2 is 1.93 bits per heavy atom. The van der Waals surface area contributed by atoms with E-state index in [1.54, 1.807) is 12.4 Å². The molecule has 5 rings (SSSR count). The van der Waals surface area contributed by atoms with E-state index >= 15 is 0 Å². The van der Waals surface area contributed by atoms with Crippen LogP contribution >= 0.6 is 11.6 Å². The molecule has 1 saturated heterocycles. The van der Waals surface area contributed by atoms with E-state index in [0.29, 0.717) is 29.3 Å². The van der Waals surface area contributed by atoms with Crippen molar-refractivity contribution in [3.8, 4) is 0 Å². The summed E-state index contributed by atoms with van der Waals surface area (Å²) in [6, 6.07) is 11.2. The molecule has 1 aliphatic rings. The standard InChI is InChI=1S/C31H35ClN6O4/c1-31(2,3)42-30(40)36-18-25-21(7-6-11-34-25)13-20-14-22(17-33-16-20)29(39)35-19-26-24-15-23(32)9-10-27(24)38(37-26)28-8-4-5-12-41-28/h6-7,9-11,14-17,28H,4-5,8,12-13,18-19H2,1-3H3,(H,35,39)(H,36,40). The van der Waals surface area contributed by atoms with Crippen molar-refractivity contribution in [3.05, 3.63) is 88.1 Å². The third-order valence-corrected chi connectivity index (χ3v) is 7.06. The SMILES string of the molecule is CC(C)(C)OC(=O)NCc1ncccc1Cc1cncc(C(=O)NCc2nn(C3CCCCO3)c3ccc(Cl)cc23)c1. The van der Waals surface area contributed by atoms with Crippen LogP contribution in [-0.2, 0) is 29.0 Å². The van der Waals surface area contributed by atoms with E-state index in [0.717, 1.165) is 47.0 Å². The summed E-state index contributed by atoms with van der Waals surface area (Å²) in [4.78, 5) is 34.0. The number of hydrogen-bond donors (Lipinski definition) is 2. The lowest BCUT2D eigenvalue weighted by molar-refractivity contribution is -0.0369. The molecule has 4 aromatic rings. The van der Waals surface area contributed by atoms with Gasteiger partial charge in [-0.3, -0.25) is 14.8 Å². The van der Waals surface area contributed by atoms with Crippen molar-refractivity contribution >= 4 is 34.5 Å². The molecule has 3 aromatic heterocycles. The van der Waals surface area contributed by atoms with E-state index in [9.17, 15) is 9.59 Å². The van der Waals surface area contributed by atoms with E-state index in [4.69, 9.17) is 26.2 Å². The molecule has 2 amide bonds. The zero-order valence-corrected chi connectivity index (χ0v) is 24.8. The van der Waals surface area contributed by atoms with Gasteiger partial charge >= 0.3 is 6.09 Å². The lowest BCUT2D eigenvalue weighted by atomic mass is 10.0. The Morgan fingerprint density at radius 1 is 1.10 bits per heavy atom. The number of aromatic nitrogens is 4. The van der Waals surface area contributed by atoms with Gasteiger partial charge in [-0.05, 0) is 81.5 Å². The van der Waals surface area contributed by atoms with Crippen LogP contribution in [0.15, 0.2) is 55.0 Å². The monoisotopic (exact) mass is 590 g/mol. The predicted octanol–water partition coefficient (Wildman–Crippen LogP) is 5.72. The highest BCUT2D eigenvalue weighted by molar-refractivity contribution is 6.31. The van der Waals surface area contributed by atoms with Crippen molar-refractivity contribution < 1.29 is 19.1 Å². The number of fused-ring (bicyclic) bond motifs is 1. The summed E-state index contributed by atoms with van der Waals surface area (Å²) < 4.78 is 13.2. The summed E-state index contributed by atoms with van der Waals surface area (Å²) in [5, 5.41) is 12.0.